The van der Waals surface area contributed by atoms with Crippen LogP contribution in [0.15, 0.2) is 8.83 Å². The molecule has 26 heavy (non-hydrogen) atoms. The van der Waals surface area contributed by atoms with E-state index in [9.17, 15) is 4.79 Å². The van der Waals surface area contributed by atoms with Gasteiger partial charge in [-0.05, 0) is 33.6 Å². The second kappa shape index (κ2) is 5.55. The van der Waals surface area contributed by atoms with Crippen LogP contribution in [0.4, 0.5) is 5.82 Å². The maximum atomic E-state index is 11.9. The summed E-state index contributed by atoms with van der Waals surface area (Å²) in [6, 6.07) is 0. The fourth-order valence-corrected chi connectivity index (χ4v) is 3.11. The van der Waals surface area contributed by atoms with E-state index in [-0.39, 0.29) is 5.54 Å². The van der Waals surface area contributed by atoms with Crippen LogP contribution >= 0.6 is 0 Å². The molecule has 0 aliphatic heterocycles. The van der Waals surface area contributed by atoms with Gasteiger partial charge in [-0.2, -0.15) is 4.98 Å². The zero-order chi connectivity index (χ0) is 18.6. The Balaban J connectivity index is 1.85. The van der Waals surface area contributed by atoms with Gasteiger partial charge in [0.05, 0.1) is 23.1 Å². The van der Waals surface area contributed by atoms with Gasteiger partial charge in [-0.25, -0.2) is 9.97 Å². The minimum absolute atomic E-state index is 0.0287. The first-order chi connectivity index (χ1) is 12.3. The average Bonchev–Trinajstić information content (AvgIpc) is 3.02. The first-order valence-corrected chi connectivity index (χ1v) is 8.57. The number of carbonyl (C=O) groups is 1. The Kier molecular flexibility index (Phi) is 3.54. The molecule has 4 rings (SSSR count). The molecule has 0 spiro atoms. The molecule has 0 atom stereocenters. The number of amides is 1. The van der Waals surface area contributed by atoms with Crippen LogP contribution < -0.4 is 11.1 Å². The van der Waals surface area contributed by atoms with Gasteiger partial charge in [0.2, 0.25) is 5.71 Å². The minimum Gasteiger partial charge on any atom is -0.446 e. The van der Waals surface area contributed by atoms with Gasteiger partial charge in [0.25, 0.3) is 5.91 Å². The van der Waals surface area contributed by atoms with Crippen molar-refractivity contribution in [1.29, 1.82) is 0 Å². The quantitative estimate of drug-likeness (QED) is 0.722. The average molecular weight is 355 g/mol. The number of primary amides is 1. The third kappa shape index (κ3) is 2.81. The molecular weight excluding hydrogens is 334 g/mol. The number of aryl methyl sites for hydroxylation is 3. The van der Waals surface area contributed by atoms with Crippen LogP contribution in [0.25, 0.3) is 11.1 Å². The highest BCUT2D eigenvalue weighted by atomic mass is 16.4. The van der Waals surface area contributed by atoms with E-state index in [1.54, 1.807) is 13.8 Å². The van der Waals surface area contributed by atoms with E-state index < -0.39 is 5.91 Å². The van der Waals surface area contributed by atoms with Gasteiger partial charge in [-0.1, -0.05) is 0 Å². The lowest BCUT2D eigenvalue weighted by molar-refractivity contribution is 0.1000. The fraction of sp³-hybridized carbons (Fsp3) is 0.444. The summed E-state index contributed by atoms with van der Waals surface area (Å²) >= 11 is 0. The molecule has 3 aromatic rings. The molecule has 1 amide bonds. The largest absolute Gasteiger partial charge is 0.446 e. The van der Waals surface area contributed by atoms with Crippen molar-refractivity contribution in [1.82, 2.24) is 15.0 Å². The van der Waals surface area contributed by atoms with E-state index in [2.05, 4.69) is 27.2 Å². The van der Waals surface area contributed by atoms with E-state index in [4.69, 9.17) is 14.6 Å². The van der Waals surface area contributed by atoms with Crippen molar-refractivity contribution >= 4 is 22.8 Å². The molecule has 8 nitrogen and oxygen atoms in total. The molecule has 3 N–H and O–H groups in total. The van der Waals surface area contributed by atoms with E-state index in [0.717, 1.165) is 24.3 Å². The standard InChI is InChI=1S/C18H21N5O3/c1-8-11(20-10(3)25-8)7-12-21-16(23-18(4)5-6-18)14-13(15(19)24)9(2)26-17(14)22-12/h5-7H2,1-4H3,(H2,19,24)(H,21,22,23). The van der Waals surface area contributed by atoms with Crippen LogP contribution in [0.5, 0.6) is 0 Å². The highest BCUT2D eigenvalue weighted by molar-refractivity contribution is 6.09. The first-order valence-electron chi connectivity index (χ1n) is 8.57. The summed E-state index contributed by atoms with van der Waals surface area (Å²) in [5, 5.41) is 3.97. The number of hydrogen-bond acceptors (Lipinski definition) is 7. The Labute approximate surface area is 150 Å². The third-order valence-electron chi connectivity index (χ3n) is 4.77. The number of fused-ring (bicyclic) bond motifs is 1. The maximum Gasteiger partial charge on any atom is 0.253 e. The lowest BCUT2D eigenvalue weighted by atomic mass is 10.1. The maximum absolute atomic E-state index is 11.9. The monoisotopic (exact) mass is 355 g/mol. The molecule has 0 unspecified atom stereocenters. The molecule has 0 radical (unpaired) electrons. The minimum atomic E-state index is -0.551. The molecule has 1 aliphatic carbocycles. The number of aromatic nitrogens is 3. The van der Waals surface area contributed by atoms with Crippen molar-refractivity contribution in [3.05, 3.63) is 34.5 Å². The molecular formula is C18H21N5O3. The molecule has 3 aromatic heterocycles. The summed E-state index contributed by atoms with van der Waals surface area (Å²) in [5.41, 5.74) is 6.98. The lowest BCUT2D eigenvalue weighted by Crippen LogP contribution is -2.19. The zero-order valence-electron chi connectivity index (χ0n) is 15.3. The molecule has 0 saturated heterocycles. The van der Waals surface area contributed by atoms with Crippen molar-refractivity contribution in [2.75, 3.05) is 5.32 Å². The number of rotatable bonds is 5. The number of nitrogens with two attached hydrogens (primary N) is 1. The molecule has 1 saturated carbocycles. The summed E-state index contributed by atoms with van der Waals surface area (Å²) in [6.07, 6.45) is 2.49. The van der Waals surface area contributed by atoms with Crippen LogP contribution in [0.1, 0.15) is 59.1 Å². The Morgan fingerprint density at radius 2 is 1.88 bits per heavy atom. The molecule has 136 valence electrons. The van der Waals surface area contributed by atoms with E-state index >= 15 is 0 Å². The summed E-state index contributed by atoms with van der Waals surface area (Å²) in [6.45, 7) is 7.48. The molecule has 3 heterocycles. The number of furan rings is 1. The third-order valence-corrected chi connectivity index (χ3v) is 4.77. The molecule has 1 fully saturated rings. The van der Waals surface area contributed by atoms with Crippen LogP contribution in [-0.4, -0.2) is 26.4 Å². The number of anilines is 1. The van der Waals surface area contributed by atoms with E-state index in [0.29, 0.717) is 46.4 Å². The van der Waals surface area contributed by atoms with Gasteiger partial charge >= 0.3 is 0 Å². The summed E-state index contributed by atoms with van der Waals surface area (Å²) in [5.74, 6) is 2.36. The Morgan fingerprint density at radius 1 is 1.15 bits per heavy atom. The summed E-state index contributed by atoms with van der Waals surface area (Å²) < 4.78 is 11.2. The van der Waals surface area contributed by atoms with Crippen molar-refractivity contribution < 1.29 is 13.6 Å². The van der Waals surface area contributed by atoms with Crippen molar-refractivity contribution in [2.45, 2.75) is 52.5 Å². The zero-order valence-corrected chi connectivity index (χ0v) is 15.3. The highest BCUT2D eigenvalue weighted by Gasteiger charge is 2.38. The number of carbonyl (C=O) groups excluding carboxylic acids is 1. The highest BCUT2D eigenvalue weighted by Crippen LogP contribution is 2.40. The van der Waals surface area contributed by atoms with Gasteiger partial charge in [0.1, 0.15) is 23.2 Å². The second-order valence-electron chi connectivity index (χ2n) is 7.16. The van der Waals surface area contributed by atoms with Crippen LogP contribution in [0.2, 0.25) is 0 Å². The van der Waals surface area contributed by atoms with Crippen molar-refractivity contribution in [3.8, 4) is 0 Å². The predicted octanol–water partition coefficient (Wildman–Crippen LogP) is 2.79. The smallest absolute Gasteiger partial charge is 0.253 e. The van der Waals surface area contributed by atoms with Crippen molar-refractivity contribution in [2.24, 2.45) is 5.73 Å². The summed E-state index contributed by atoms with van der Waals surface area (Å²) in [7, 11) is 0. The Morgan fingerprint density at radius 3 is 2.46 bits per heavy atom. The summed E-state index contributed by atoms with van der Waals surface area (Å²) in [4.78, 5) is 25.4. The number of nitrogens with zero attached hydrogens (tertiary/aromatic N) is 3. The van der Waals surface area contributed by atoms with Gasteiger partial charge in [-0.15, -0.1) is 0 Å². The van der Waals surface area contributed by atoms with Gasteiger partial charge in [-0.3, -0.25) is 4.79 Å². The number of oxazole rings is 1. The second-order valence-corrected chi connectivity index (χ2v) is 7.16. The predicted molar refractivity (Wildman–Crippen MR) is 95.1 cm³/mol. The Hall–Kier alpha value is -2.90. The number of nitrogens with one attached hydrogen (secondary N) is 1. The molecule has 1 aliphatic rings. The molecule has 8 heteroatoms. The van der Waals surface area contributed by atoms with Crippen molar-refractivity contribution in [3.63, 3.8) is 0 Å². The molecule has 0 bridgehead atoms. The topological polar surface area (TPSA) is 120 Å². The van der Waals surface area contributed by atoms with Crippen LogP contribution in [0, 0.1) is 20.8 Å². The van der Waals surface area contributed by atoms with Crippen LogP contribution in [-0.2, 0) is 6.42 Å². The first kappa shape index (κ1) is 16.6. The lowest BCUT2D eigenvalue weighted by Gasteiger charge is -2.14. The molecule has 0 aromatic carbocycles. The van der Waals surface area contributed by atoms with E-state index in [1.165, 1.54) is 0 Å². The van der Waals surface area contributed by atoms with E-state index in [1.807, 2.05) is 6.92 Å². The van der Waals surface area contributed by atoms with Gasteiger partial charge < -0.3 is 19.9 Å². The normalized spacial score (nSPS) is 15.4. The fourth-order valence-electron chi connectivity index (χ4n) is 3.11. The van der Waals surface area contributed by atoms with Gasteiger partial charge in [0.15, 0.2) is 5.89 Å². The Bertz CT molecular complexity index is 1030. The van der Waals surface area contributed by atoms with Gasteiger partial charge in [0, 0.05) is 12.5 Å². The number of hydrogen-bond donors (Lipinski definition) is 2. The SMILES string of the molecule is Cc1nc(Cc2nc(NC3(C)CC3)c3c(C(N)=O)c(C)oc3n2)c(C)o1. The van der Waals surface area contributed by atoms with Crippen LogP contribution in [0.3, 0.4) is 0 Å².